The fourth-order valence-electron chi connectivity index (χ4n) is 3.22. The third kappa shape index (κ3) is 3.73. The van der Waals surface area contributed by atoms with Crippen molar-refractivity contribution < 1.29 is 22.7 Å². The fraction of sp³-hybridized carbons (Fsp3) is 0.438. The van der Waals surface area contributed by atoms with E-state index in [1.165, 1.54) is 23.5 Å². The highest BCUT2D eigenvalue weighted by atomic mass is 32.2. The fourth-order valence-corrected chi connectivity index (χ4v) is 5.03. The monoisotopic (exact) mass is 409 g/mol. The van der Waals surface area contributed by atoms with E-state index in [1.807, 2.05) is 0 Å². The number of sulfonamides is 1. The van der Waals surface area contributed by atoms with E-state index in [0.29, 0.717) is 12.8 Å². The lowest BCUT2D eigenvalue weighted by atomic mass is 9.98. The van der Waals surface area contributed by atoms with Crippen molar-refractivity contribution in [2.45, 2.75) is 31.6 Å². The Hall–Kier alpha value is -2.86. The summed E-state index contributed by atoms with van der Waals surface area (Å²) in [6.45, 7) is 3.30. The maximum Gasteiger partial charge on any atom is 0.310 e. The predicted molar refractivity (Wildman–Crippen MR) is 97.0 cm³/mol. The number of hydrogen-bond donors (Lipinski definition) is 1. The van der Waals surface area contributed by atoms with Crippen LogP contribution < -0.4 is 5.32 Å². The van der Waals surface area contributed by atoms with E-state index in [4.69, 9.17) is 4.52 Å². The number of nitro groups is 1. The van der Waals surface area contributed by atoms with Crippen LogP contribution in [0.5, 0.6) is 0 Å². The summed E-state index contributed by atoms with van der Waals surface area (Å²) >= 11 is 0. The molecule has 1 saturated heterocycles. The van der Waals surface area contributed by atoms with Gasteiger partial charge in [0.15, 0.2) is 5.76 Å². The molecule has 150 valence electrons. The summed E-state index contributed by atoms with van der Waals surface area (Å²) in [5, 5.41) is 17.3. The first-order valence-corrected chi connectivity index (χ1v) is 9.98. The molecule has 2 aromatic heterocycles. The molecule has 0 aliphatic carbocycles. The van der Waals surface area contributed by atoms with Crippen LogP contribution in [0, 0.1) is 29.9 Å². The van der Waals surface area contributed by atoms with Crippen molar-refractivity contribution in [1.29, 1.82) is 0 Å². The van der Waals surface area contributed by atoms with Crippen LogP contribution in [-0.2, 0) is 14.8 Å². The number of pyridine rings is 1. The van der Waals surface area contributed by atoms with Gasteiger partial charge in [-0.1, -0.05) is 5.16 Å². The third-order valence-electron chi connectivity index (χ3n) is 4.58. The van der Waals surface area contributed by atoms with Gasteiger partial charge >= 0.3 is 5.69 Å². The Kier molecular flexibility index (Phi) is 5.42. The largest absolute Gasteiger partial charge is 0.360 e. The number of aromatic nitrogens is 2. The van der Waals surface area contributed by atoms with Crippen LogP contribution >= 0.6 is 0 Å². The van der Waals surface area contributed by atoms with E-state index in [1.54, 1.807) is 6.92 Å². The topological polar surface area (TPSA) is 149 Å². The first-order valence-electron chi connectivity index (χ1n) is 8.54. The minimum atomic E-state index is -3.86. The van der Waals surface area contributed by atoms with Gasteiger partial charge in [-0.05, 0) is 32.8 Å². The summed E-state index contributed by atoms with van der Waals surface area (Å²) in [4.78, 5) is 26.8. The molecule has 0 spiro atoms. The van der Waals surface area contributed by atoms with Gasteiger partial charge in [0.25, 0.3) is 0 Å². The van der Waals surface area contributed by atoms with Crippen molar-refractivity contribution in [3.63, 3.8) is 0 Å². The quantitative estimate of drug-likeness (QED) is 0.578. The summed E-state index contributed by atoms with van der Waals surface area (Å²) in [7, 11) is -3.86. The third-order valence-corrected chi connectivity index (χ3v) is 6.69. The van der Waals surface area contributed by atoms with Crippen molar-refractivity contribution in [1.82, 2.24) is 14.4 Å². The van der Waals surface area contributed by atoms with Gasteiger partial charge in [-0.15, -0.1) is 0 Å². The second-order valence-electron chi connectivity index (χ2n) is 6.49. The molecule has 11 nitrogen and oxygen atoms in total. The normalized spacial score (nSPS) is 18.0. The number of carbonyl (C=O) groups excluding carboxylic acids is 1. The van der Waals surface area contributed by atoms with Crippen molar-refractivity contribution in [2.75, 3.05) is 18.4 Å². The summed E-state index contributed by atoms with van der Waals surface area (Å²) < 4.78 is 32.1. The van der Waals surface area contributed by atoms with Crippen LogP contribution in [0.1, 0.15) is 24.3 Å². The van der Waals surface area contributed by atoms with Gasteiger partial charge in [0.1, 0.15) is 22.5 Å². The zero-order valence-electron chi connectivity index (χ0n) is 15.3. The number of piperidine rings is 1. The molecule has 0 saturated carbocycles. The molecule has 1 fully saturated rings. The van der Waals surface area contributed by atoms with Crippen LogP contribution in [0.15, 0.2) is 27.9 Å². The van der Waals surface area contributed by atoms with Crippen molar-refractivity contribution >= 4 is 27.3 Å². The Morgan fingerprint density at radius 1 is 1.43 bits per heavy atom. The average Bonchev–Trinajstić information content (AvgIpc) is 3.01. The summed E-state index contributed by atoms with van der Waals surface area (Å²) in [6.07, 6.45) is 3.33. The van der Waals surface area contributed by atoms with Gasteiger partial charge in [-0.25, -0.2) is 8.42 Å². The van der Waals surface area contributed by atoms with Crippen molar-refractivity contribution in [3.8, 4) is 0 Å². The predicted octanol–water partition coefficient (Wildman–Crippen LogP) is 1.63. The molecule has 1 aliphatic heterocycles. The molecule has 0 radical (unpaired) electrons. The number of nitrogens with zero attached hydrogens (tertiary/aromatic N) is 4. The highest BCUT2D eigenvalue weighted by molar-refractivity contribution is 7.89. The molecule has 1 amide bonds. The molecular formula is C16H19N5O6S. The second kappa shape index (κ2) is 7.64. The Bertz CT molecular complexity index is 999. The molecule has 2 aromatic rings. The zero-order chi connectivity index (χ0) is 20.5. The van der Waals surface area contributed by atoms with Crippen molar-refractivity contribution in [3.05, 3.63) is 40.0 Å². The molecule has 0 bridgehead atoms. The maximum absolute atomic E-state index is 13.0. The highest BCUT2D eigenvalue weighted by Crippen LogP contribution is 2.29. The van der Waals surface area contributed by atoms with Gasteiger partial charge < -0.3 is 9.84 Å². The zero-order valence-corrected chi connectivity index (χ0v) is 16.1. The molecule has 1 N–H and O–H groups in total. The smallest absolute Gasteiger partial charge is 0.310 e. The molecule has 3 rings (SSSR count). The Labute approximate surface area is 160 Å². The minimum Gasteiger partial charge on any atom is -0.360 e. The number of carbonyl (C=O) groups is 1. The number of amides is 1. The number of nitrogens with one attached hydrogen (secondary N) is 1. The van der Waals surface area contributed by atoms with Crippen LogP contribution in [0.4, 0.5) is 11.4 Å². The first kappa shape index (κ1) is 19.9. The molecular weight excluding hydrogens is 390 g/mol. The lowest BCUT2D eigenvalue weighted by Gasteiger charge is -2.31. The summed E-state index contributed by atoms with van der Waals surface area (Å²) in [5.41, 5.74) is -0.0425. The van der Waals surface area contributed by atoms with Crippen LogP contribution in [-0.4, -0.2) is 46.8 Å². The lowest BCUT2D eigenvalue weighted by Crippen LogP contribution is -2.44. The van der Waals surface area contributed by atoms with E-state index < -0.39 is 26.8 Å². The van der Waals surface area contributed by atoms with Gasteiger partial charge in [0.05, 0.1) is 10.8 Å². The SMILES string of the molecule is Cc1noc(C)c1S(=O)(=O)N1CCCC(C(=O)Nc2ccncc2[N+](=O)[O-])C1. The standard InChI is InChI=1S/C16H19N5O6S/c1-10-15(11(2)27-19-10)28(25,26)20-7-3-4-12(9-20)16(22)18-13-5-6-17-8-14(13)21(23)24/h5-6,8,12H,3-4,7,9H2,1-2H3,(H,17,18,22). The number of aryl methyl sites for hydroxylation is 2. The number of rotatable bonds is 5. The van der Waals surface area contributed by atoms with Crippen LogP contribution in [0.2, 0.25) is 0 Å². The molecule has 1 aliphatic rings. The molecule has 1 unspecified atom stereocenters. The number of anilines is 1. The molecule has 28 heavy (non-hydrogen) atoms. The van der Waals surface area contributed by atoms with E-state index in [2.05, 4.69) is 15.5 Å². The number of hydrogen-bond acceptors (Lipinski definition) is 8. The lowest BCUT2D eigenvalue weighted by molar-refractivity contribution is -0.384. The van der Waals surface area contributed by atoms with Gasteiger partial charge in [-0.2, -0.15) is 4.31 Å². The van der Waals surface area contributed by atoms with E-state index >= 15 is 0 Å². The first-order chi connectivity index (χ1) is 13.2. The molecule has 12 heteroatoms. The molecule has 1 atom stereocenters. The van der Waals surface area contributed by atoms with E-state index in [-0.39, 0.29) is 40.8 Å². The average molecular weight is 409 g/mol. The van der Waals surface area contributed by atoms with E-state index in [9.17, 15) is 23.3 Å². The Balaban J connectivity index is 1.78. The Morgan fingerprint density at radius 2 is 2.18 bits per heavy atom. The summed E-state index contributed by atoms with van der Waals surface area (Å²) in [5.74, 6) is -0.929. The van der Waals surface area contributed by atoms with Gasteiger partial charge in [0.2, 0.25) is 15.9 Å². The molecule has 3 heterocycles. The van der Waals surface area contributed by atoms with Gasteiger partial charge in [0, 0.05) is 19.3 Å². The maximum atomic E-state index is 13.0. The van der Waals surface area contributed by atoms with Crippen LogP contribution in [0.25, 0.3) is 0 Å². The highest BCUT2D eigenvalue weighted by Gasteiger charge is 2.36. The van der Waals surface area contributed by atoms with E-state index in [0.717, 1.165) is 6.20 Å². The van der Waals surface area contributed by atoms with Crippen molar-refractivity contribution in [2.24, 2.45) is 5.92 Å². The molecule has 0 aromatic carbocycles. The second-order valence-corrected chi connectivity index (χ2v) is 8.37. The minimum absolute atomic E-state index is 0.0123. The van der Waals surface area contributed by atoms with Gasteiger partial charge in [-0.3, -0.25) is 19.9 Å². The Morgan fingerprint density at radius 3 is 2.82 bits per heavy atom. The van der Waals surface area contributed by atoms with Crippen LogP contribution in [0.3, 0.4) is 0 Å². The summed E-state index contributed by atoms with van der Waals surface area (Å²) in [6, 6.07) is 1.33.